The Hall–Kier alpha value is -4.17. The van der Waals surface area contributed by atoms with Crippen molar-refractivity contribution in [2.75, 3.05) is 5.32 Å². The average Bonchev–Trinajstić information content (AvgIpc) is 2.74. The van der Waals surface area contributed by atoms with Gasteiger partial charge in [-0.05, 0) is 67.1 Å². The second-order valence-electron chi connectivity index (χ2n) is 6.20. The van der Waals surface area contributed by atoms with E-state index < -0.39 is 0 Å². The Balaban J connectivity index is 1.97. The number of hydrogen-bond donors (Lipinski definition) is 2. The molecule has 0 aliphatic heterocycles. The minimum absolute atomic E-state index is 0.114. The zero-order valence-electron chi connectivity index (χ0n) is 15.8. The van der Waals surface area contributed by atoms with Crippen LogP contribution in [0.3, 0.4) is 0 Å². The van der Waals surface area contributed by atoms with Gasteiger partial charge in [-0.1, -0.05) is 24.1 Å². The second kappa shape index (κ2) is 9.16. The normalized spacial score (nSPS) is 11.2. The van der Waals surface area contributed by atoms with Crippen molar-refractivity contribution in [1.29, 1.82) is 0 Å². The van der Waals surface area contributed by atoms with Crippen LogP contribution >= 0.6 is 0 Å². The number of phenols is 1. The number of terminal acetylenes is 1. The van der Waals surface area contributed by atoms with Gasteiger partial charge in [0.05, 0.1) is 5.56 Å². The molecule has 142 valence electrons. The maximum absolute atomic E-state index is 11.9. The molecule has 0 spiro atoms. The fourth-order valence-corrected chi connectivity index (χ4v) is 2.54. The summed E-state index contributed by atoms with van der Waals surface area (Å²) in [5.74, 6) is 3.49. The van der Waals surface area contributed by atoms with Crippen LogP contribution in [-0.2, 0) is 0 Å². The van der Waals surface area contributed by atoms with Gasteiger partial charge in [0.2, 0.25) is 0 Å². The number of benzene rings is 2. The second-order valence-corrected chi connectivity index (χ2v) is 6.20. The number of carbonyl (C=O) groups is 1. The van der Waals surface area contributed by atoms with E-state index in [0.717, 1.165) is 16.8 Å². The number of ketones is 1. The van der Waals surface area contributed by atoms with Gasteiger partial charge < -0.3 is 10.4 Å². The van der Waals surface area contributed by atoms with Crippen LogP contribution in [0.2, 0.25) is 0 Å². The summed E-state index contributed by atoms with van der Waals surface area (Å²) >= 11 is 0. The molecular formula is C24H19N3O2. The molecule has 0 radical (unpaired) electrons. The van der Waals surface area contributed by atoms with Crippen LogP contribution in [0.25, 0.3) is 6.08 Å². The first-order valence-electron chi connectivity index (χ1n) is 8.90. The summed E-state index contributed by atoms with van der Waals surface area (Å²) in [6, 6.07) is 17.5. The molecule has 2 aromatic carbocycles. The quantitative estimate of drug-likeness (QED) is 0.287. The Labute approximate surface area is 169 Å². The molecule has 3 rings (SSSR count). The van der Waals surface area contributed by atoms with Gasteiger partial charge in [0.15, 0.2) is 11.6 Å². The highest BCUT2D eigenvalue weighted by atomic mass is 16.3. The van der Waals surface area contributed by atoms with Gasteiger partial charge in [-0.2, -0.15) is 0 Å². The van der Waals surface area contributed by atoms with E-state index in [1.807, 2.05) is 30.3 Å². The van der Waals surface area contributed by atoms with Crippen LogP contribution in [0.4, 0.5) is 11.5 Å². The number of aromatic nitrogens is 1. The van der Waals surface area contributed by atoms with Gasteiger partial charge in [0.25, 0.3) is 0 Å². The SMILES string of the molecule is C#Cc1ccc(NC(/C=C/c2ccc(O)cc2)=N\c2ncccc2C(C)=O)cc1. The summed E-state index contributed by atoms with van der Waals surface area (Å²) in [6.45, 7) is 1.48. The van der Waals surface area contributed by atoms with Crippen LogP contribution in [0.1, 0.15) is 28.4 Å². The number of hydrogen-bond acceptors (Lipinski definition) is 4. The van der Waals surface area contributed by atoms with E-state index in [1.54, 1.807) is 48.7 Å². The van der Waals surface area contributed by atoms with Crippen molar-refractivity contribution in [1.82, 2.24) is 4.98 Å². The number of carbonyl (C=O) groups excluding carboxylic acids is 1. The number of Topliss-reactive ketones (excluding diaryl/α,β-unsaturated/α-hetero) is 1. The number of pyridine rings is 1. The van der Waals surface area contributed by atoms with E-state index in [-0.39, 0.29) is 11.5 Å². The maximum atomic E-state index is 11.9. The lowest BCUT2D eigenvalue weighted by atomic mass is 10.2. The molecule has 0 aliphatic rings. The Bertz CT molecular complexity index is 1110. The molecule has 1 aromatic heterocycles. The Morgan fingerprint density at radius 2 is 1.86 bits per heavy atom. The first kappa shape index (κ1) is 19.6. The highest BCUT2D eigenvalue weighted by Crippen LogP contribution is 2.18. The first-order valence-corrected chi connectivity index (χ1v) is 8.90. The first-order chi connectivity index (χ1) is 14.0. The van der Waals surface area contributed by atoms with Crippen molar-refractivity contribution >= 4 is 29.2 Å². The number of amidine groups is 1. The lowest BCUT2D eigenvalue weighted by Gasteiger charge is -2.08. The largest absolute Gasteiger partial charge is 0.508 e. The standard InChI is InChI=1S/C24H19N3O2/c1-3-18-6-11-20(12-7-18)26-23(15-10-19-8-13-21(29)14-9-19)27-24-22(17(2)28)5-4-16-25-24/h1,4-16,29H,2H3,(H,25,26,27)/b15-10+. The number of nitrogens with zero attached hydrogens (tertiary/aromatic N) is 2. The van der Waals surface area contributed by atoms with Crippen LogP contribution in [-0.4, -0.2) is 21.7 Å². The molecule has 5 nitrogen and oxygen atoms in total. The van der Waals surface area contributed by atoms with E-state index in [9.17, 15) is 9.90 Å². The number of anilines is 1. The van der Waals surface area contributed by atoms with Crippen molar-refractivity contribution < 1.29 is 9.90 Å². The fourth-order valence-electron chi connectivity index (χ4n) is 2.54. The highest BCUT2D eigenvalue weighted by molar-refractivity contribution is 6.08. The zero-order chi connectivity index (χ0) is 20.6. The number of aromatic hydroxyl groups is 1. The summed E-state index contributed by atoms with van der Waals surface area (Å²) in [6.07, 6.45) is 10.6. The van der Waals surface area contributed by atoms with Gasteiger partial charge in [-0.15, -0.1) is 6.42 Å². The summed E-state index contributed by atoms with van der Waals surface area (Å²) in [7, 11) is 0. The molecule has 0 bridgehead atoms. The van der Waals surface area contributed by atoms with Gasteiger partial charge in [0.1, 0.15) is 11.6 Å². The van der Waals surface area contributed by atoms with Crippen molar-refractivity contribution in [3.8, 4) is 18.1 Å². The minimum Gasteiger partial charge on any atom is -0.508 e. The molecule has 0 aliphatic carbocycles. The van der Waals surface area contributed by atoms with Crippen LogP contribution < -0.4 is 5.32 Å². The molecule has 0 amide bonds. The molecule has 29 heavy (non-hydrogen) atoms. The predicted molar refractivity (Wildman–Crippen MR) is 116 cm³/mol. The predicted octanol–water partition coefficient (Wildman–Crippen LogP) is 4.83. The number of phenolic OH excluding ortho intramolecular Hbond substituents is 1. The van der Waals surface area contributed by atoms with Gasteiger partial charge in [-0.25, -0.2) is 9.98 Å². The molecule has 5 heteroatoms. The van der Waals surface area contributed by atoms with Crippen LogP contribution in [0, 0.1) is 12.3 Å². The lowest BCUT2D eigenvalue weighted by Crippen LogP contribution is -2.09. The van der Waals surface area contributed by atoms with Crippen molar-refractivity contribution in [2.24, 2.45) is 4.99 Å². The van der Waals surface area contributed by atoms with Gasteiger partial charge in [0, 0.05) is 17.4 Å². The molecule has 0 unspecified atom stereocenters. The number of aliphatic imine (C=N–C) groups is 1. The van der Waals surface area contributed by atoms with E-state index >= 15 is 0 Å². The third kappa shape index (κ3) is 5.41. The average molecular weight is 381 g/mol. The Morgan fingerprint density at radius 1 is 1.14 bits per heavy atom. The minimum atomic E-state index is -0.114. The molecule has 0 saturated heterocycles. The van der Waals surface area contributed by atoms with E-state index in [2.05, 4.69) is 21.2 Å². The summed E-state index contributed by atoms with van der Waals surface area (Å²) in [5, 5.41) is 12.7. The topological polar surface area (TPSA) is 74.6 Å². The van der Waals surface area contributed by atoms with E-state index in [0.29, 0.717) is 17.2 Å². The molecule has 0 saturated carbocycles. The van der Waals surface area contributed by atoms with Gasteiger partial charge >= 0.3 is 0 Å². The van der Waals surface area contributed by atoms with Crippen molar-refractivity contribution in [2.45, 2.75) is 6.92 Å². The Morgan fingerprint density at radius 3 is 2.52 bits per heavy atom. The van der Waals surface area contributed by atoms with Crippen LogP contribution in [0.15, 0.2) is 77.9 Å². The smallest absolute Gasteiger partial charge is 0.165 e. The highest BCUT2D eigenvalue weighted by Gasteiger charge is 2.08. The molecule has 2 N–H and O–H groups in total. The number of rotatable bonds is 5. The number of nitrogens with one attached hydrogen (secondary N) is 1. The van der Waals surface area contributed by atoms with Gasteiger partial charge in [-0.3, -0.25) is 4.79 Å². The summed E-state index contributed by atoms with van der Waals surface area (Å²) < 4.78 is 0. The third-order valence-electron chi connectivity index (χ3n) is 4.04. The summed E-state index contributed by atoms with van der Waals surface area (Å²) in [4.78, 5) is 20.7. The Kier molecular flexibility index (Phi) is 6.18. The van der Waals surface area contributed by atoms with Crippen LogP contribution in [0.5, 0.6) is 5.75 Å². The monoisotopic (exact) mass is 381 g/mol. The van der Waals surface area contributed by atoms with Crippen molar-refractivity contribution in [3.63, 3.8) is 0 Å². The maximum Gasteiger partial charge on any atom is 0.165 e. The molecule has 3 aromatic rings. The summed E-state index contributed by atoms with van der Waals surface area (Å²) in [5.41, 5.74) is 2.89. The molecule has 0 atom stereocenters. The van der Waals surface area contributed by atoms with Crippen molar-refractivity contribution in [3.05, 3.63) is 89.6 Å². The molecular weight excluding hydrogens is 362 g/mol. The molecule has 1 heterocycles. The lowest BCUT2D eigenvalue weighted by molar-refractivity contribution is 0.101. The van der Waals surface area contributed by atoms with E-state index in [1.165, 1.54) is 6.92 Å². The third-order valence-corrected chi connectivity index (χ3v) is 4.04. The molecule has 0 fully saturated rings. The van der Waals surface area contributed by atoms with E-state index in [4.69, 9.17) is 6.42 Å². The fraction of sp³-hybridized carbons (Fsp3) is 0.0417. The zero-order valence-corrected chi connectivity index (χ0v) is 15.8.